The van der Waals surface area contributed by atoms with E-state index in [0.29, 0.717) is 12.1 Å². The third-order valence-electron chi connectivity index (χ3n) is 2.56. The van der Waals surface area contributed by atoms with Gasteiger partial charge in [-0.25, -0.2) is 4.79 Å². The van der Waals surface area contributed by atoms with Crippen molar-refractivity contribution in [3.05, 3.63) is 0 Å². The number of likely N-dealkylation sites (tertiary alicyclic amines) is 1. The molecule has 0 saturated carbocycles. The molecule has 0 aromatic carbocycles. The Morgan fingerprint density at radius 3 is 1.94 bits per heavy atom. The van der Waals surface area contributed by atoms with Crippen molar-refractivity contribution in [1.82, 2.24) is 4.90 Å². The van der Waals surface area contributed by atoms with E-state index in [9.17, 15) is 4.79 Å². The van der Waals surface area contributed by atoms with Crippen LogP contribution in [0.2, 0.25) is 0 Å². The Morgan fingerprint density at radius 1 is 1.29 bits per heavy atom. The van der Waals surface area contributed by atoms with Crippen LogP contribution in [0.3, 0.4) is 0 Å². The van der Waals surface area contributed by atoms with Gasteiger partial charge in [-0.2, -0.15) is 0 Å². The van der Waals surface area contributed by atoms with Gasteiger partial charge in [0, 0.05) is 12.1 Å². The maximum atomic E-state index is 11.8. The molecule has 0 bridgehead atoms. The molecule has 5 heteroatoms. The normalized spacial score (nSPS) is 23.7. The molecule has 17 heavy (non-hydrogen) atoms. The van der Waals surface area contributed by atoms with Gasteiger partial charge in [-0.1, -0.05) is 0 Å². The van der Waals surface area contributed by atoms with E-state index in [-0.39, 0.29) is 18.1 Å². The van der Waals surface area contributed by atoms with Crippen LogP contribution in [-0.2, 0) is 9.53 Å². The first-order valence-electron chi connectivity index (χ1n) is 5.89. The first kappa shape index (κ1) is 15.7. The molecule has 5 nitrogen and oxygen atoms in total. The van der Waals surface area contributed by atoms with Crippen molar-refractivity contribution in [1.29, 1.82) is 0 Å². The molecule has 2 unspecified atom stereocenters. The minimum atomic E-state index is -0.390. The summed E-state index contributed by atoms with van der Waals surface area (Å²) in [6.07, 6.45) is 2.25. The third kappa shape index (κ3) is 5.56. The van der Waals surface area contributed by atoms with E-state index in [1.165, 1.54) is 0 Å². The second-order valence-corrected chi connectivity index (χ2v) is 5.30. The van der Waals surface area contributed by atoms with Gasteiger partial charge in [-0.15, -0.1) is 0 Å². The maximum absolute atomic E-state index is 11.8. The van der Waals surface area contributed by atoms with E-state index in [1.54, 1.807) is 0 Å². The lowest BCUT2D eigenvalue weighted by Gasteiger charge is -2.29. The molecule has 1 heterocycles. The van der Waals surface area contributed by atoms with E-state index in [4.69, 9.17) is 9.53 Å². The molecule has 1 aliphatic heterocycles. The molecule has 1 saturated heterocycles. The summed E-state index contributed by atoms with van der Waals surface area (Å²) in [5, 5.41) is 0. The van der Waals surface area contributed by atoms with Crippen molar-refractivity contribution in [2.24, 2.45) is 5.73 Å². The zero-order valence-electron chi connectivity index (χ0n) is 11.4. The number of primary amides is 1. The Balaban J connectivity index is 0.000000770. The number of hydrogen-bond donors (Lipinski definition) is 1. The van der Waals surface area contributed by atoms with Crippen LogP contribution < -0.4 is 5.73 Å². The van der Waals surface area contributed by atoms with E-state index >= 15 is 0 Å². The van der Waals surface area contributed by atoms with Gasteiger partial charge < -0.3 is 15.4 Å². The van der Waals surface area contributed by atoms with Crippen LogP contribution in [0.1, 0.15) is 47.5 Å². The summed E-state index contributed by atoms with van der Waals surface area (Å²) in [5.74, 6) is 0. The van der Waals surface area contributed by atoms with E-state index in [2.05, 4.69) is 19.6 Å². The summed E-state index contributed by atoms with van der Waals surface area (Å²) in [7, 11) is 0. The van der Waals surface area contributed by atoms with Gasteiger partial charge in [0.25, 0.3) is 0 Å². The number of carbonyl (C=O) groups excluding carboxylic acids is 2. The predicted molar refractivity (Wildman–Crippen MR) is 66.5 cm³/mol. The van der Waals surface area contributed by atoms with Crippen LogP contribution in [0.15, 0.2) is 0 Å². The lowest BCUT2D eigenvalue weighted by Crippen LogP contribution is -2.42. The van der Waals surface area contributed by atoms with Crippen molar-refractivity contribution in [2.75, 3.05) is 0 Å². The molecule has 0 spiro atoms. The highest BCUT2D eigenvalue weighted by molar-refractivity contribution is 5.69. The standard InChI is InChI=1S/C11H21NO2.CH3NO/c1-8-6-7-9(2)12(8)10(13)14-11(3,4)5;2-1-3/h8-9H,6-7H2,1-5H3;1H,(H2,2,3). The Morgan fingerprint density at radius 2 is 1.65 bits per heavy atom. The summed E-state index contributed by atoms with van der Waals surface area (Å²) in [6, 6.07) is 0.639. The van der Waals surface area contributed by atoms with Crippen LogP contribution >= 0.6 is 0 Å². The summed E-state index contributed by atoms with van der Waals surface area (Å²) >= 11 is 0. The fraction of sp³-hybridized carbons (Fsp3) is 0.833. The molecule has 1 aliphatic rings. The maximum Gasteiger partial charge on any atom is 0.410 e. The fourth-order valence-electron chi connectivity index (χ4n) is 1.87. The van der Waals surface area contributed by atoms with Crippen molar-refractivity contribution in [3.63, 3.8) is 0 Å². The molecule has 2 atom stereocenters. The van der Waals surface area contributed by atoms with Crippen molar-refractivity contribution < 1.29 is 14.3 Å². The Hall–Kier alpha value is -1.26. The molecule has 2 N–H and O–H groups in total. The second kappa shape index (κ2) is 6.47. The summed E-state index contributed by atoms with van der Waals surface area (Å²) < 4.78 is 5.35. The van der Waals surface area contributed by atoms with Crippen LogP contribution in [0.4, 0.5) is 4.79 Å². The molecule has 2 amide bonds. The summed E-state index contributed by atoms with van der Waals surface area (Å²) in [4.78, 5) is 22.2. The Kier molecular flexibility index (Phi) is 5.99. The molecule has 0 radical (unpaired) electrons. The largest absolute Gasteiger partial charge is 0.444 e. The van der Waals surface area contributed by atoms with Crippen LogP contribution in [0.5, 0.6) is 0 Å². The van der Waals surface area contributed by atoms with Crippen molar-refractivity contribution >= 4 is 12.5 Å². The number of nitrogens with two attached hydrogens (primary N) is 1. The van der Waals surface area contributed by atoms with E-state index < -0.39 is 0 Å². The van der Waals surface area contributed by atoms with Gasteiger partial charge in [-0.3, -0.25) is 4.79 Å². The average Bonchev–Trinajstić information content (AvgIpc) is 2.44. The number of carbonyl (C=O) groups is 2. The minimum absolute atomic E-state index is 0.171. The summed E-state index contributed by atoms with van der Waals surface area (Å²) in [6.45, 7) is 9.85. The SMILES string of the molecule is CC1CCC(C)N1C(=O)OC(C)(C)C.NC=O. The Bertz CT molecular complexity index is 251. The van der Waals surface area contributed by atoms with E-state index in [1.807, 2.05) is 25.7 Å². The number of amides is 2. The minimum Gasteiger partial charge on any atom is -0.444 e. The van der Waals surface area contributed by atoms with Crippen LogP contribution in [0.25, 0.3) is 0 Å². The quantitative estimate of drug-likeness (QED) is 0.661. The second-order valence-electron chi connectivity index (χ2n) is 5.30. The molecule has 1 rings (SSSR count). The first-order chi connectivity index (χ1) is 7.72. The molecular formula is C12H24N2O3. The highest BCUT2D eigenvalue weighted by atomic mass is 16.6. The molecular weight excluding hydrogens is 220 g/mol. The monoisotopic (exact) mass is 244 g/mol. The zero-order chi connectivity index (χ0) is 13.6. The van der Waals surface area contributed by atoms with Crippen molar-refractivity contribution in [3.8, 4) is 0 Å². The average molecular weight is 244 g/mol. The third-order valence-corrected chi connectivity index (χ3v) is 2.56. The lowest BCUT2D eigenvalue weighted by molar-refractivity contribution is -0.106. The zero-order valence-corrected chi connectivity index (χ0v) is 11.4. The van der Waals surface area contributed by atoms with Gasteiger partial charge in [0.05, 0.1) is 0 Å². The molecule has 0 aromatic heterocycles. The number of nitrogens with zero attached hydrogens (tertiary/aromatic N) is 1. The predicted octanol–water partition coefficient (Wildman–Crippen LogP) is 1.90. The first-order valence-corrected chi connectivity index (χ1v) is 5.89. The summed E-state index contributed by atoms with van der Waals surface area (Å²) in [5.41, 5.74) is 3.78. The van der Waals surface area contributed by atoms with Crippen LogP contribution in [-0.4, -0.2) is 35.1 Å². The van der Waals surface area contributed by atoms with Gasteiger partial charge in [0.2, 0.25) is 6.41 Å². The number of hydrogen-bond acceptors (Lipinski definition) is 3. The lowest BCUT2D eigenvalue weighted by atomic mass is 10.2. The topological polar surface area (TPSA) is 72.6 Å². The van der Waals surface area contributed by atoms with Crippen molar-refractivity contribution in [2.45, 2.75) is 65.1 Å². The van der Waals surface area contributed by atoms with Gasteiger partial charge >= 0.3 is 6.09 Å². The fourth-order valence-corrected chi connectivity index (χ4v) is 1.87. The van der Waals surface area contributed by atoms with Gasteiger partial charge in [0.15, 0.2) is 0 Å². The van der Waals surface area contributed by atoms with Gasteiger partial charge in [0.1, 0.15) is 5.60 Å². The number of ether oxygens (including phenoxy) is 1. The Labute approximate surface area is 103 Å². The highest BCUT2D eigenvalue weighted by Crippen LogP contribution is 2.25. The molecule has 0 aromatic rings. The molecule has 100 valence electrons. The number of rotatable bonds is 0. The van der Waals surface area contributed by atoms with Gasteiger partial charge in [-0.05, 0) is 47.5 Å². The highest BCUT2D eigenvalue weighted by Gasteiger charge is 2.34. The molecule has 1 fully saturated rings. The van der Waals surface area contributed by atoms with E-state index in [0.717, 1.165) is 12.8 Å². The smallest absolute Gasteiger partial charge is 0.410 e. The van der Waals surface area contributed by atoms with Crippen LogP contribution in [0, 0.1) is 0 Å². The molecule has 0 aliphatic carbocycles.